The molecule has 0 unspecified atom stereocenters. The maximum atomic E-state index is 8.58. The monoisotopic (exact) mass is 175 g/mol. The molecule has 1 heterocycles. The Morgan fingerprint density at radius 3 is 2.77 bits per heavy atom. The van der Waals surface area contributed by atoms with E-state index in [4.69, 9.17) is 9.84 Å². The zero-order valence-electron chi connectivity index (χ0n) is 9.16. The van der Waals surface area contributed by atoms with Gasteiger partial charge in [0.2, 0.25) is 5.88 Å². The fraction of sp³-hybridized carbons (Fsp3) is 0.444. The summed E-state index contributed by atoms with van der Waals surface area (Å²) < 4.78 is 4.91. The van der Waals surface area contributed by atoms with Gasteiger partial charge in [-0.15, -0.1) is 0 Å². The molecule has 4 heteroatoms. The molecule has 0 radical (unpaired) electrons. The second-order valence-corrected chi connectivity index (χ2v) is 2.54. The van der Waals surface area contributed by atoms with Crippen molar-refractivity contribution in [1.29, 1.82) is 0 Å². The summed E-state index contributed by atoms with van der Waals surface area (Å²) >= 11 is 0. The van der Waals surface area contributed by atoms with Crippen LogP contribution in [0.5, 0.6) is 5.88 Å². The van der Waals surface area contributed by atoms with Crippen molar-refractivity contribution in [2.75, 3.05) is 13.7 Å². The van der Waals surface area contributed by atoms with Crippen molar-refractivity contribution in [3.63, 3.8) is 0 Å². The number of aromatic nitrogens is 1. The van der Waals surface area contributed by atoms with Gasteiger partial charge in [0.05, 0.1) is 7.11 Å². The second kappa shape index (κ2) is 6.96. The molecule has 0 saturated heterocycles. The number of aliphatic hydroxyl groups is 1. The first-order valence-electron chi connectivity index (χ1n) is 3.96. The Balaban J connectivity index is 0. The topological polar surface area (TPSA) is 42.4 Å². The van der Waals surface area contributed by atoms with Crippen molar-refractivity contribution in [3.8, 4) is 5.88 Å². The zero-order chi connectivity index (χ0) is 8.81. The van der Waals surface area contributed by atoms with Gasteiger partial charge in [0, 0.05) is 18.9 Å². The number of methoxy groups -OCH3 is 1. The Morgan fingerprint density at radius 1 is 1.54 bits per heavy atom. The number of aryl methyl sites for hydroxylation is 1. The summed E-state index contributed by atoms with van der Waals surface area (Å²) in [6.07, 6.45) is 3.43. The third-order valence-corrected chi connectivity index (χ3v) is 1.63. The van der Waals surface area contributed by atoms with E-state index in [2.05, 4.69) is 4.98 Å². The molecule has 1 rings (SSSR count). The Labute approximate surface area is 91.8 Å². The van der Waals surface area contributed by atoms with Crippen LogP contribution in [0.4, 0.5) is 0 Å². The molecule has 0 spiro atoms. The molecule has 1 N–H and O–H groups in total. The van der Waals surface area contributed by atoms with E-state index < -0.39 is 0 Å². The predicted octanol–water partition coefficient (Wildman–Crippen LogP) is -1.87. The van der Waals surface area contributed by atoms with Crippen molar-refractivity contribution < 1.29 is 30.1 Å². The normalized spacial score (nSPS) is 9.08. The van der Waals surface area contributed by atoms with Gasteiger partial charge in [-0.05, 0) is 18.4 Å². The summed E-state index contributed by atoms with van der Waals surface area (Å²) in [5.74, 6) is 0.628. The van der Waals surface area contributed by atoms with Gasteiger partial charge in [-0.1, -0.05) is 6.07 Å². The summed E-state index contributed by atoms with van der Waals surface area (Å²) in [6, 6.07) is 3.79. The van der Waals surface area contributed by atoms with E-state index in [1.807, 2.05) is 12.1 Å². The van der Waals surface area contributed by atoms with Crippen molar-refractivity contribution in [2.24, 2.45) is 0 Å². The molecule has 0 aromatic carbocycles. The molecule has 0 atom stereocenters. The number of pyridine rings is 1. The summed E-state index contributed by atoms with van der Waals surface area (Å²) in [7, 11) is 1.59. The molecule has 0 bridgehead atoms. The fourth-order valence-electron chi connectivity index (χ4n) is 0.963. The van der Waals surface area contributed by atoms with Crippen molar-refractivity contribution in [2.45, 2.75) is 12.8 Å². The number of ether oxygens (including phenoxy) is 1. The van der Waals surface area contributed by atoms with E-state index in [1.165, 1.54) is 0 Å². The first-order valence-corrected chi connectivity index (χ1v) is 3.96. The minimum atomic E-state index is 0. The van der Waals surface area contributed by atoms with Gasteiger partial charge in [0.1, 0.15) is 0 Å². The summed E-state index contributed by atoms with van der Waals surface area (Å²) in [4.78, 5) is 4.05. The second-order valence-electron chi connectivity index (χ2n) is 2.54. The average molecular weight is 175 g/mol. The summed E-state index contributed by atoms with van der Waals surface area (Å²) in [5.41, 5.74) is 1.13. The minimum Gasteiger partial charge on any atom is -1.00 e. The van der Waals surface area contributed by atoms with Gasteiger partial charge in [-0.2, -0.15) is 0 Å². The van der Waals surface area contributed by atoms with Crippen molar-refractivity contribution in [1.82, 2.24) is 4.98 Å². The van der Waals surface area contributed by atoms with Crippen LogP contribution in [0, 0.1) is 0 Å². The Kier molecular flexibility index (Phi) is 6.70. The number of aliphatic hydroxyl groups excluding tert-OH is 1. The number of hydrogen-bond acceptors (Lipinski definition) is 3. The van der Waals surface area contributed by atoms with Crippen LogP contribution in [0.3, 0.4) is 0 Å². The van der Waals surface area contributed by atoms with Crippen LogP contribution in [0.2, 0.25) is 0 Å². The SMILES string of the molecule is COc1ccc(CCCO)cn1.[H-].[Li+]. The molecular formula is C9H14LiNO2. The molecule has 1 aromatic rings. The molecule has 3 nitrogen and oxygen atoms in total. The maximum Gasteiger partial charge on any atom is 1.00 e. The Morgan fingerprint density at radius 2 is 2.31 bits per heavy atom. The molecular weight excluding hydrogens is 161 g/mol. The standard InChI is InChI=1S/C9H13NO2.Li.H/c1-12-9-5-4-8(7-10-9)3-2-6-11;;/h4-5,7,11H,2-3,6H2,1H3;;/q;+1;-1. The number of rotatable bonds is 4. The van der Waals surface area contributed by atoms with Crippen LogP contribution < -0.4 is 23.6 Å². The first-order chi connectivity index (χ1) is 5.86. The summed E-state index contributed by atoms with van der Waals surface area (Å²) in [6.45, 7) is 0.228. The quantitative estimate of drug-likeness (QED) is 0.545. The zero-order valence-corrected chi connectivity index (χ0v) is 8.16. The van der Waals surface area contributed by atoms with Crippen LogP contribution in [0.25, 0.3) is 0 Å². The first kappa shape index (κ1) is 12.5. The van der Waals surface area contributed by atoms with E-state index >= 15 is 0 Å². The Hall–Kier alpha value is -0.493. The van der Waals surface area contributed by atoms with Gasteiger partial charge in [0.15, 0.2) is 0 Å². The molecule has 0 aliphatic rings. The molecule has 68 valence electrons. The van der Waals surface area contributed by atoms with Crippen molar-refractivity contribution in [3.05, 3.63) is 23.9 Å². The number of nitrogens with zero attached hydrogens (tertiary/aromatic N) is 1. The molecule has 0 aliphatic carbocycles. The van der Waals surface area contributed by atoms with Crippen LogP contribution >= 0.6 is 0 Å². The Bertz CT molecular complexity index is 231. The molecule has 1 aromatic heterocycles. The molecule has 0 amide bonds. The van der Waals surface area contributed by atoms with Gasteiger partial charge in [-0.25, -0.2) is 4.98 Å². The maximum absolute atomic E-state index is 8.58. The van der Waals surface area contributed by atoms with E-state index in [1.54, 1.807) is 13.3 Å². The van der Waals surface area contributed by atoms with E-state index in [0.717, 1.165) is 18.4 Å². The third-order valence-electron chi connectivity index (χ3n) is 1.63. The average Bonchev–Trinajstić information content (AvgIpc) is 2.15. The van der Waals surface area contributed by atoms with Gasteiger partial charge < -0.3 is 11.3 Å². The van der Waals surface area contributed by atoms with E-state index in [0.29, 0.717) is 5.88 Å². The van der Waals surface area contributed by atoms with E-state index in [-0.39, 0.29) is 26.9 Å². The summed E-state index contributed by atoms with van der Waals surface area (Å²) in [5, 5.41) is 8.58. The molecule has 0 fully saturated rings. The van der Waals surface area contributed by atoms with Crippen LogP contribution in [0.15, 0.2) is 18.3 Å². The largest absolute Gasteiger partial charge is 1.00 e. The minimum absolute atomic E-state index is 0. The molecule has 13 heavy (non-hydrogen) atoms. The van der Waals surface area contributed by atoms with Crippen LogP contribution in [0.1, 0.15) is 13.4 Å². The van der Waals surface area contributed by atoms with E-state index in [9.17, 15) is 0 Å². The van der Waals surface area contributed by atoms with Gasteiger partial charge in [-0.3, -0.25) is 0 Å². The third kappa shape index (κ3) is 4.33. The fourth-order valence-corrected chi connectivity index (χ4v) is 0.963. The molecule has 0 aliphatic heterocycles. The van der Waals surface area contributed by atoms with Gasteiger partial charge >= 0.3 is 18.9 Å². The molecule has 0 saturated carbocycles. The van der Waals surface area contributed by atoms with Gasteiger partial charge in [0.25, 0.3) is 0 Å². The van der Waals surface area contributed by atoms with Crippen LogP contribution in [-0.4, -0.2) is 23.8 Å². The van der Waals surface area contributed by atoms with Crippen LogP contribution in [-0.2, 0) is 6.42 Å². The predicted molar refractivity (Wildman–Crippen MR) is 47.3 cm³/mol. The smallest absolute Gasteiger partial charge is 1.00 e. The number of hydrogen-bond donors (Lipinski definition) is 1. The van der Waals surface area contributed by atoms with Crippen molar-refractivity contribution >= 4 is 0 Å².